The number of aliphatic carboxylic acids is 1. The molecular weight excluding hydrogens is 328 g/mol. The Labute approximate surface area is 157 Å². The molecule has 0 radical (unpaired) electrons. The van der Waals surface area contributed by atoms with Crippen molar-refractivity contribution in [3.8, 4) is 0 Å². The van der Waals surface area contributed by atoms with Crippen molar-refractivity contribution in [2.45, 2.75) is 71.3 Å². The molecule has 4 heteroatoms. The van der Waals surface area contributed by atoms with Gasteiger partial charge < -0.3 is 10.2 Å². The summed E-state index contributed by atoms with van der Waals surface area (Å²) >= 11 is 0. The molecule has 1 unspecified atom stereocenters. The minimum absolute atomic E-state index is 0.0457. The van der Waals surface area contributed by atoms with Gasteiger partial charge in [-0.15, -0.1) is 5.73 Å². The smallest absolute Gasteiger partial charge is 0.332 e. The number of aliphatic hydroxyl groups is 1. The molecule has 4 nitrogen and oxygen atoms in total. The van der Waals surface area contributed by atoms with Crippen LogP contribution in [0.2, 0.25) is 0 Å². The van der Waals surface area contributed by atoms with Crippen LogP contribution in [0.25, 0.3) is 0 Å². The van der Waals surface area contributed by atoms with Crippen LogP contribution in [0.1, 0.15) is 65.2 Å². The van der Waals surface area contributed by atoms with E-state index in [2.05, 4.69) is 24.8 Å². The second-order valence-corrected chi connectivity index (χ2v) is 7.00. The van der Waals surface area contributed by atoms with E-state index in [0.717, 1.165) is 6.42 Å². The predicted molar refractivity (Wildman–Crippen MR) is 104 cm³/mol. The largest absolute Gasteiger partial charge is 0.479 e. The first-order valence-corrected chi connectivity index (χ1v) is 9.66. The lowest BCUT2D eigenvalue weighted by Crippen LogP contribution is -2.19. The Morgan fingerprint density at radius 3 is 2.73 bits per heavy atom. The maximum atomic E-state index is 12.0. The van der Waals surface area contributed by atoms with Crippen LogP contribution in [0.3, 0.4) is 0 Å². The summed E-state index contributed by atoms with van der Waals surface area (Å²) in [6, 6.07) is 0. The van der Waals surface area contributed by atoms with E-state index in [0.29, 0.717) is 12.0 Å². The number of ketones is 1. The Morgan fingerprint density at radius 1 is 1.31 bits per heavy atom. The number of hydrogen-bond acceptors (Lipinski definition) is 3. The summed E-state index contributed by atoms with van der Waals surface area (Å²) in [6.45, 7) is 3.94. The van der Waals surface area contributed by atoms with E-state index in [1.165, 1.54) is 32.1 Å². The van der Waals surface area contributed by atoms with Crippen molar-refractivity contribution in [1.29, 1.82) is 0 Å². The van der Waals surface area contributed by atoms with Gasteiger partial charge in [0.1, 0.15) is 0 Å². The van der Waals surface area contributed by atoms with Gasteiger partial charge in [-0.3, -0.25) is 4.79 Å². The third-order valence-corrected chi connectivity index (χ3v) is 4.65. The molecule has 26 heavy (non-hydrogen) atoms. The zero-order valence-electron chi connectivity index (χ0n) is 16.0. The normalized spacial score (nSPS) is 20.3. The van der Waals surface area contributed by atoms with Gasteiger partial charge in [-0.2, -0.15) is 0 Å². The molecule has 0 spiro atoms. The molecule has 0 aliphatic heterocycles. The Balaban J connectivity index is 2.47. The summed E-state index contributed by atoms with van der Waals surface area (Å²) in [5.74, 6) is -1.08. The standard InChI is InChI=1S/C22H32O4/c1-3-4-5-6-7-8-9-12-18-14-15-20(23)19(18)13-10-11-17(2)16-21(24)22(25)26/h9-10,12,14-15,18-19,21,24H,3-8,13,16H2,1-2H3,(H,25,26)/t11?,18-,19+,21?/m0/s1. The summed E-state index contributed by atoms with van der Waals surface area (Å²) in [6.07, 6.45) is 16.3. The number of hydrogen-bond donors (Lipinski definition) is 2. The number of aliphatic hydroxyl groups excluding tert-OH is 1. The zero-order chi connectivity index (χ0) is 19.4. The van der Waals surface area contributed by atoms with Crippen LogP contribution in [0, 0.1) is 11.8 Å². The summed E-state index contributed by atoms with van der Waals surface area (Å²) in [7, 11) is 0. The minimum Gasteiger partial charge on any atom is -0.479 e. The second-order valence-electron chi connectivity index (χ2n) is 7.00. The van der Waals surface area contributed by atoms with Crippen LogP contribution in [-0.2, 0) is 9.59 Å². The first-order valence-electron chi connectivity index (χ1n) is 9.66. The summed E-state index contributed by atoms with van der Waals surface area (Å²) in [5.41, 5.74) is 3.66. The molecule has 0 heterocycles. The van der Waals surface area contributed by atoms with Crippen LogP contribution >= 0.6 is 0 Å². The topological polar surface area (TPSA) is 74.6 Å². The van der Waals surface area contributed by atoms with E-state index >= 15 is 0 Å². The molecule has 0 bridgehead atoms. The van der Waals surface area contributed by atoms with Gasteiger partial charge >= 0.3 is 5.97 Å². The lowest BCUT2D eigenvalue weighted by Gasteiger charge is -2.12. The average Bonchev–Trinajstić information content (AvgIpc) is 2.94. The first kappa shape index (κ1) is 22.1. The zero-order valence-corrected chi connectivity index (χ0v) is 16.0. The lowest BCUT2D eigenvalue weighted by molar-refractivity contribution is -0.146. The number of carboxylic acids is 1. The molecule has 0 amide bonds. The Morgan fingerprint density at radius 2 is 2.04 bits per heavy atom. The molecule has 0 aromatic carbocycles. The van der Waals surface area contributed by atoms with Crippen LogP contribution < -0.4 is 0 Å². The average molecular weight is 360 g/mol. The summed E-state index contributed by atoms with van der Waals surface area (Å²) in [5, 5.41) is 18.0. The lowest BCUT2D eigenvalue weighted by atomic mass is 9.90. The highest BCUT2D eigenvalue weighted by molar-refractivity contribution is 5.95. The molecule has 0 saturated carbocycles. The van der Waals surface area contributed by atoms with Gasteiger partial charge in [0, 0.05) is 18.3 Å². The third kappa shape index (κ3) is 8.46. The van der Waals surface area contributed by atoms with Crippen molar-refractivity contribution >= 4 is 11.8 Å². The van der Waals surface area contributed by atoms with Gasteiger partial charge in [-0.25, -0.2) is 4.79 Å². The van der Waals surface area contributed by atoms with E-state index in [1.807, 2.05) is 6.08 Å². The van der Waals surface area contributed by atoms with Crippen molar-refractivity contribution < 1.29 is 19.8 Å². The van der Waals surface area contributed by atoms with Crippen LogP contribution in [-0.4, -0.2) is 28.1 Å². The van der Waals surface area contributed by atoms with Crippen LogP contribution in [0.15, 0.2) is 41.7 Å². The molecule has 0 fully saturated rings. The SMILES string of the molecule is CCCCCCCC=C[C@H]1C=CC(=O)[C@@H]1CC=C=C(C)CC(O)C(=O)O. The monoisotopic (exact) mass is 360 g/mol. The predicted octanol–water partition coefficient (Wildman–Crippen LogP) is 4.60. The van der Waals surface area contributed by atoms with Crippen LogP contribution in [0.4, 0.5) is 0 Å². The Kier molecular flexibility index (Phi) is 10.6. The summed E-state index contributed by atoms with van der Waals surface area (Å²) in [4.78, 5) is 22.7. The van der Waals surface area contributed by atoms with Gasteiger partial charge in [-0.05, 0) is 43.9 Å². The van der Waals surface area contributed by atoms with Gasteiger partial charge in [0.05, 0.1) is 0 Å². The highest BCUT2D eigenvalue weighted by atomic mass is 16.4. The van der Waals surface area contributed by atoms with E-state index in [1.54, 1.807) is 19.1 Å². The number of allylic oxidation sites excluding steroid dienone is 4. The maximum absolute atomic E-state index is 12.0. The number of rotatable bonds is 12. The molecule has 0 aromatic heterocycles. The molecule has 0 saturated heterocycles. The highest BCUT2D eigenvalue weighted by Gasteiger charge is 2.26. The maximum Gasteiger partial charge on any atom is 0.332 e. The third-order valence-electron chi connectivity index (χ3n) is 4.65. The van der Waals surface area contributed by atoms with Gasteiger partial charge in [0.25, 0.3) is 0 Å². The van der Waals surface area contributed by atoms with E-state index in [9.17, 15) is 14.7 Å². The first-order chi connectivity index (χ1) is 12.5. The van der Waals surface area contributed by atoms with Crippen molar-refractivity contribution in [2.75, 3.05) is 0 Å². The van der Waals surface area contributed by atoms with Gasteiger partial charge in [0.2, 0.25) is 0 Å². The molecule has 3 atom stereocenters. The van der Waals surface area contributed by atoms with E-state index in [4.69, 9.17) is 5.11 Å². The highest BCUT2D eigenvalue weighted by Crippen LogP contribution is 2.27. The fourth-order valence-electron chi connectivity index (χ4n) is 3.04. The van der Waals surface area contributed by atoms with E-state index < -0.39 is 12.1 Å². The fraction of sp³-hybridized carbons (Fsp3) is 0.591. The quantitative estimate of drug-likeness (QED) is 0.303. The van der Waals surface area contributed by atoms with Crippen LogP contribution in [0.5, 0.6) is 0 Å². The number of carboxylic acid groups (broad SMARTS) is 1. The van der Waals surface area contributed by atoms with Crippen molar-refractivity contribution in [1.82, 2.24) is 0 Å². The van der Waals surface area contributed by atoms with Gasteiger partial charge in [-0.1, -0.05) is 50.8 Å². The molecular formula is C22H32O4. The number of carbonyl (C=O) groups excluding carboxylic acids is 1. The van der Waals surface area contributed by atoms with Crippen molar-refractivity contribution in [3.63, 3.8) is 0 Å². The van der Waals surface area contributed by atoms with Crippen molar-refractivity contribution in [2.24, 2.45) is 11.8 Å². The summed E-state index contributed by atoms with van der Waals surface area (Å²) < 4.78 is 0. The number of carbonyl (C=O) groups is 2. The Bertz CT molecular complexity index is 579. The second kappa shape index (κ2) is 12.5. The van der Waals surface area contributed by atoms with E-state index in [-0.39, 0.29) is 24.0 Å². The number of unbranched alkanes of at least 4 members (excludes halogenated alkanes) is 5. The molecule has 0 aromatic rings. The van der Waals surface area contributed by atoms with Gasteiger partial charge in [0.15, 0.2) is 11.9 Å². The van der Waals surface area contributed by atoms with Crippen molar-refractivity contribution in [3.05, 3.63) is 41.7 Å². The molecule has 144 valence electrons. The molecule has 2 N–H and O–H groups in total. The molecule has 1 aliphatic rings. The minimum atomic E-state index is -1.40. The molecule has 1 rings (SSSR count). The fourth-order valence-corrected chi connectivity index (χ4v) is 3.04. The Hall–Kier alpha value is -1.90. The molecule has 1 aliphatic carbocycles.